The molecule has 5 heteroatoms. The van der Waals surface area contributed by atoms with Crippen molar-refractivity contribution in [2.24, 2.45) is 0 Å². The Bertz CT molecular complexity index is 611. The van der Waals surface area contributed by atoms with Gasteiger partial charge in [-0.05, 0) is 24.3 Å². The van der Waals surface area contributed by atoms with E-state index >= 15 is 0 Å². The molecule has 0 aliphatic heterocycles. The maximum atomic E-state index is 13.5. The molecule has 0 spiro atoms. The monoisotopic (exact) mass is 264 g/mol. The molecule has 0 amide bonds. The summed E-state index contributed by atoms with van der Waals surface area (Å²) in [5.74, 6) is -2.09. The average Bonchev–Trinajstić information content (AvgIpc) is 2.41. The average molecular weight is 264 g/mol. The molecule has 0 fully saturated rings. The van der Waals surface area contributed by atoms with Crippen molar-refractivity contribution in [3.05, 3.63) is 59.7 Å². The Morgan fingerprint density at radius 2 is 1.79 bits per heavy atom. The molecule has 0 aliphatic carbocycles. The summed E-state index contributed by atoms with van der Waals surface area (Å²) >= 11 is 0. The highest BCUT2D eigenvalue weighted by atomic mass is 19.1. The number of halogens is 2. The number of esters is 1. The Hall–Kier alpha value is -2.43. The normalized spacial score (nSPS) is 10.1. The van der Waals surface area contributed by atoms with Gasteiger partial charge in [0, 0.05) is 6.07 Å². The van der Waals surface area contributed by atoms with Gasteiger partial charge in [-0.1, -0.05) is 12.1 Å². The van der Waals surface area contributed by atoms with Gasteiger partial charge in [-0.15, -0.1) is 0 Å². The Balaban J connectivity index is 2.41. The van der Waals surface area contributed by atoms with Gasteiger partial charge in [0.05, 0.1) is 7.11 Å². The van der Waals surface area contributed by atoms with E-state index in [9.17, 15) is 13.6 Å². The third-order valence-electron chi connectivity index (χ3n) is 2.41. The van der Waals surface area contributed by atoms with E-state index in [1.807, 2.05) is 0 Å². The van der Waals surface area contributed by atoms with E-state index in [4.69, 9.17) is 4.74 Å². The summed E-state index contributed by atoms with van der Waals surface area (Å²) in [6, 6.07) is 8.95. The second-order valence-electron chi connectivity index (χ2n) is 3.66. The minimum atomic E-state index is -0.689. The Morgan fingerprint density at radius 1 is 1.05 bits per heavy atom. The summed E-state index contributed by atoms with van der Waals surface area (Å²) in [5, 5.41) is 0. The summed E-state index contributed by atoms with van der Waals surface area (Å²) in [6.45, 7) is 0. The molecule has 2 aromatic rings. The van der Waals surface area contributed by atoms with E-state index in [1.165, 1.54) is 31.4 Å². The van der Waals surface area contributed by atoms with Crippen LogP contribution in [0, 0.1) is 11.6 Å². The van der Waals surface area contributed by atoms with Gasteiger partial charge in [-0.3, -0.25) is 0 Å². The number of ether oxygens (including phenoxy) is 2. The van der Waals surface area contributed by atoms with E-state index in [2.05, 4.69) is 4.74 Å². The third kappa shape index (κ3) is 2.88. The maximum absolute atomic E-state index is 13.5. The first-order chi connectivity index (χ1) is 9.11. The lowest BCUT2D eigenvalue weighted by Gasteiger charge is -2.10. The van der Waals surface area contributed by atoms with Crippen molar-refractivity contribution in [3.8, 4) is 11.5 Å². The summed E-state index contributed by atoms with van der Waals surface area (Å²) in [7, 11) is 1.19. The lowest BCUT2D eigenvalue weighted by molar-refractivity contribution is 0.0597. The molecule has 2 rings (SSSR count). The quantitative estimate of drug-likeness (QED) is 0.795. The van der Waals surface area contributed by atoms with E-state index in [-0.39, 0.29) is 17.1 Å². The Morgan fingerprint density at radius 3 is 2.47 bits per heavy atom. The highest BCUT2D eigenvalue weighted by Crippen LogP contribution is 2.28. The number of carbonyl (C=O) groups excluding carboxylic acids is 1. The summed E-state index contributed by atoms with van der Waals surface area (Å²) in [5.41, 5.74) is 0.0205. The summed E-state index contributed by atoms with van der Waals surface area (Å²) in [4.78, 5) is 11.5. The lowest BCUT2D eigenvalue weighted by atomic mass is 10.2. The second kappa shape index (κ2) is 5.48. The highest BCUT2D eigenvalue weighted by molar-refractivity contribution is 5.92. The number of rotatable bonds is 3. The van der Waals surface area contributed by atoms with E-state index in [0.717, 1.165) is 12.1 Å². The van der Waals surface area contributed by atoms with Gasteiger partial charge in [0.1, 0.15) is 17.1 Å². The fourth-order valence-corrected chi connectivity index (χ4v) is 1.51. The molecule has 0 unspecified atom stereocenters. The van der Waals surface area contributed by atoms with Gasteiger partial charge in [0.25, 0.3) is 0 Å². The Kier molecular flexibility index (Phi) is 3.75. The lowest BCUT2D eigenvalue weighted by Crippen LogP contribution is -2.04. The summed E-state index contributed by atoms with van der Waals surface area (Å²) < 4.78 is 36.4. The smallest absolute Gasteiger partial charge is 0.341 e. The second-order valence-corrected chi connectivity index (χ2v) is 3.66. The molecule has 0 aromatic heterocycles. The fraction of sp³-hybridized carbons (Fsp3) is 0.0714. The van der Waals surface area contributed by atoms with Crippen molar-refractivity contribution in [3.63, 3.8) is 0 Å². The minimum Gasteiger partial charge on any atom is -0.465 e. The number of para-hydroxylation sites is 1. The van der Waals surface area contributed by atoms with E-state index < -0.39 is 17.6 Å². The van der Waals surface area contributed by atoms with Crippen LogP contribution in [-0.2, 0) is 4.74 Å². The van der Waals surface area contributed by atoms with Crippen LogP contribution in [-0.4, -0.2) is 13.1 Å². The van der Waals surface area contributed by atoms with Crippen molar-refractivity contribution in [2.45, 2.75) is 0 Å². The van der Waals surface area contributed by atoms with Crippen molar-refractivity contribution in [1.29, 1.82) is 0 Å². The largest absolute Gasteiger partial charge is 0.465 e. The first kappa shape index (κ1) is 13.0. The van der Waals surface area contributed by atoms with Crippen LogP contribution < -0.4 is 4.74 Å². The van der Waals surface area contributed by atoms with Crippen molar-refractivity contribution in [2.75, 3.05) is 7.11 Å². The minimum absolute atomic E-state index is 0.0205. The summed E-state index contributed by atoms with van der Waals surface area (Å²) in [6.07, 6.45) is 0. The molecular formula is C14H10F2O3. The van der Waals surface area contributed by atoms with Gasteiger partial charge in [0.2, 0.25) is 0 Å². The SMILES string of the molecule is COC(=O)c1ccc(F)cc1Oc1ccccc1F. The molecule has 0 aliphatic rings. The first-order valence-corrected chi connectivity index (χ1v) is 5.42. The van der Waals surface area contributed by atoms with Gasteiger partial charge in [-0.2, -0.15) is 0 Å². The maximum Gasteiger partial charge on any atom is 0.341 e. The van der Waals surface area contributed by atoms with Gasteiger partial charge in [0.15, 0.2) is 11.6 Å². The third-order valence-corrected chi connectivity index (χ3v) is 2.41. The van der Waals surface area contributed by atoms with Crippen LogP contribution in [0.3, 0.4) is 0 Å². The van der Waals surface area contributed by atoms with Gasteiger partial charge < -0.3 is 9.47 Å². The number of benzene rings is 2. The topological polar surface area (TPSA) is 35.5 Å². The van der Waals surface area contributed by atoms with Crippen LogP contribution in [0.5, 0.6) is 11.5 Å². The number of methoxy groups -OCH3 is 1. The van der Waals surface area contributed by atoms with Crippen LogP contribution in [0.1, 0.15) is 10.4 Å². The number of hydrogen-bond donors (Lipinski definition) is 0. The van der Waals surface area contributed by atoms with Crippen LogP contribution in [0.15, 0.2) is 42.5 Å². The standard InChI is InChI=1S/C14H10F2O3/c1-18-14(17)10-7-6-9(15)8-13(10)19-12-5-3-2-4-11(12)16/h2-8H,1H3. The molecule has 0 bridgehead atoms. The van der Waals surface area contributed by atoms with Crippen molar-refractivity contribution in [1.82, 2.24) is 0 Å². The van der Waals surface area contributed by atoms with Gasteiger partial charge in [-0.25, -0.2) is 13.6 Å². The van der Waals surface area contributed by atoms with E-state index in [0.29, 0.717) is 0 Å². The van der Waals surface area contributed by atoms with Crippen LogP contribution >= 0.6 is 0 Å². The van der Waals surface area contributed by atoms with Crippen LogP contribution in [0.4, 0.5) is 8.78 Å². The van der Waals surface area contributed by atoms with Crippen LogP contribution in [0.25, 0.3) is 0 Å². The molecule has 0 heterocycles. The van der Waals surface area contributed by atoms with Crippen molar-refractivity contribution >= 4 is 5.97 Å². The molecule has 0 radical (unpaired) electrons. The first-order valence-electron chi connectivity index (χ1n) is 5.42. The molecule has 0 saturated carbocycles. The van der Waals surface area contributed by atoms with Gasteiger partial charge >= 0.3 is 5.97 Å². The molecule has 98 valence electrons. The van der Waals surface area contributed by atoms with Crippen LogP contribution in [0.2, 0.25) is 0 Å². The Labute approximate surface area is 108 Å². The zero-order valence-corrected chi connectivity index (χ0v) is 10.0. The number of hydrogen-bond acceptors (Lipinski definition) is 3. The zero-order valence-electron chi connectivity index (χ0n) is 10.0. The van der Waals surface area contributed by atoms with E-state index in [1.54, 1.807) is 6.07 Å². The molecule has 0 saturated heterocycles. The highest BCUT2D eigenvalue weighted by Gasteiger charge is 2.15. The molecule has 19 heavy (non-hydrogen) atoms. The molecule has 3 nitrogen and oxygen atoms in total. The predicted octanol–water partition coefficient (Wildman–Crippen LogP) is 3.54. The molecular weight excluding hydrogens is 254 g/mol. The van der Waals surface area contributed by atoms with Crippen molar-refractivity contribution < 1.29 is 23.0 Å². The molecule has 0 atom stereocenters. The molecule has 0 N–H and O–H groups in total. The number of carbonyl (C=O) groups is 1. The molecule has 2 aromatic carbocycles. The zero-order chi connectivity index (χ0) is 13.8. The fourth-order valence-electron chi connectivity index (χ4n) is 1.51. The predicted molar refractivity (Wildman–Crippen MR) is 64.2 cm³/mol.